The van der Waals surface area contributed by atoms with Gasteiger partial charge in [-0.05, 0) is 43.2 Å². The van der Waals surface area contributed by atoms with Crippen LogP contribution in [0.15, 0.2) is 30.3 Å². The molecule has 0 spiro atoms. The van der Waals surface area contributed by atoms with E-state index in [9.17, 15) is 18.0 Å². The molecule has 132 valence electrons. The quantitative estimate of drug-likeness (QED) is 0.753. The molecule has 0 bridgehead atoms. The van der Waals surface area contributed by atoms with Crippen molar-refractivity contribution in [3.63, 3.8) is 0 Å². The highest BCUT2D eigenvalue weighted by Crippen LogP contribution is 2.34. The lowest BCUT2D eigenvalue weighted by molar-refractivity contribution is -0.137. The number of hydrogen-bond acceptors (Lipinski definition) is 4. The number of rotatable bonds is 4. The second kappa shape index (κ2) is 6.75. The van der Waals surface area contributed by atoms with E-state index in [1.54, 1.807) is 0 Å². The van der Waals surface area contributed by atoms with Gasteiger partial charge in [-0.1, -0.05) is 11.6 Å². The summed E-state index contributed by atoms with van der Waals surface area (Å²) >= 11 is 5.91. The fraction of sp³-hybridized carbons (Fsp3) is 0.267. The zero-order chi connectivity index (χ0) is 18.0. The SMILES string of the molecule is O=C(Nc1ccc(Nc2cc(C(F)(F)F)ccc2Cl)nn1)NC1CC1. The molecule has 0 atom stereocenters. The number of carbonyl (C=O) groups is 1. The molecule has 0 aliphatic heterocycles. The van der Waals surface area contributed by atoms with Gasteiger partial charge in [-0.25, -0.2) is 4.79 Å². The van der Waals surface area contributed by atoms with Gasteiger partial charge in [0.15, 0.2) is 11.6 Å². The predicted molar refractivity (Wildman–Crippen MR) is 86.9 cm³/mol. The maximum atomic E-state index is 12.8. The second-order valence-corrected chi connectivity index (χ2v) is 5.90. The van der Waals surface area contributed by atoms with Crippen LogP contribution in [0.3, 0.4) is 0 Å². The number of carbonyl (C=O) groups excluding carboxylic acids is 1. The molecule has 3 N–H and O–H groups in total. The highest BCUT2D eigenvalue weighted by atomic mass is 35.5. The molecule has 1 heterocycles. The van der Waals surface area contributed by atoms with Gasteiger partial charge in [-0.15, -0.1) is 10.2 Å². The second-order valence-electron chi connectivity index (χ2n) is 5.49. The number of benzene rings is 1. The van der Waals surface area contributed by atoms with E-state index in [1.807, 2.05) is 0 Å². The summed E-state index contributed by atoms with van der Waals surface area (Å²) in [6, 6.07) is 5.71. The van der Waals surface area contributed by atoms with Crippen molar-refractivity contribution in [1.29, 1.82) is 0 Å². The van der Waals surface area contributed by atoms with Crippen molar-refractivity contribution in [2.75, 3.05) is 10.6 Å². The molecular formula is C15H13ClF3N5O. The average Bonchev–Trinajstić information content (AvgIpc) is 3.34. The average molecular weight is 372 g/mol. The topological polar surface area (TPSA) is 78.9 Å². The molecule has 2 aromatic rings. The minimum Gasteiger partial charge on any atom is -0.338 e. The predicted octanol–water partition coefficient (Wildman–Crippen LogP) is 4.18. The molecule has 1 aromatic heterocycles. The molecule has 1 aliphatic rings. The van der Waals surface area contributed by atoms with E-state index >= 15 is 0 Å². The van der Waals surface area contributed by atoms with Crippen molar-refractivity contribution in [2.45, 2.75) is 25.1 Å². The van der Waals surface area contributed by atoms with Crippen molar-refractivity contribution >= 4 is 35.0 Å². The fourth-order valence-corrected chi connectivity index (χ4v) is 2.13. The standard InChI is InChI=1S/C15H13ClF3N5O/c16-10-4-1-8(15(17,18)19)7-11(10)21-12-5-6-13(24-23-12)22-14(25)20-9-2-3-9/h1,4-7,9H,2-3H2,(H,21,23)(H2,20,22,24,25). The van der Waals surface area contributed by atoms with Gasteiger partial charge in [0.2, 0.25) is 0 Å². The Morgan fingerprint density at radius 1 is 1.12 bits per heavy atom. The summed E-state index contributed by atoms with van der Waals surface area (Å²) in [6.07, 6.45) is -2.56. The van der Waals surface area contributed by atoms with Crippen molar-refractivity contribution < 1.29 is 18.0 Å². The maximum Gasteiger partial charge on any atom is 0.416 e. The number of aromatic nitrogens is 2. The normalized spacial score (nSPS) is 14.1. The lowest BCUT2D eigenvalue weighted by Crippen LogP contribution is -2.30. The van der Waals surface area contributed by atoms with Gasteiger partial charge in [-0.2, -0.15) is 13.2 Å². The Hall–Kier alpha value is -2.55. The lowest BCUT2D eigenvalue weighted by atomic mass is 10.2. The number of alkyl halides is 3. The van der Waals surface area contributed by atoms with E-state index in [-0.39, 0.29) is 34.4 Å². The van der Waals surface area contributed by atoms with Crippen LogP contribution in [0, 0.1) is 0 Å². The van der Waals surface area contributed by atoms with Gasteiger partial charge in [0, 0.05) is 6.04 Å². The number of urea groups is 1. The minimum absolute atomic E-state index is 0.0537. The van der Waals surface area contributed by atoms with Crippen LogP contribution in [-0.2, 0) is 6.18 Å². The molecular weight excluding hydrogens is 359 g/mol. The first kappa shape index (κ1) is 17.3. The molecule has 0 unspecified atom stereocenters. The lowest BCUT2D eigenvalue weighted by Gasteiger charge is -2.12. The summed E-state index contributed by atoms with van der Waals surface area (Å²) in [5.74, 6) is 0.410. The van der Waals surface area contributed by atoms with E-state index in [4.69, 9.17) is 11.6 Å². The van der Waals surface area contributed by atoms with E-state index in [1.165, 1.54) is 12.1 Å². The largest absolute Gasteiger partial charge is 0.416 e. The van der Waals surface area contributed by atoms with E-state index in [2.05, 4.69) is 26.1 Å². The van der Waals surface area contributed by atoms with Crippen LogP contribution in [0.25, 0.3) is 0 Å². The van der Waals surface area contributed by atoms with Crippen LogP contribution in [-0.4, -0.2) is 22.3 Å². The molecule has 1 aliphatic carbocycles. The summed E-state index contributed by atoms with van der Waals surface area (Å²) in [5, 5.41) is 15.6. The number of hydrogen-bond donors (Lipinski definition) is 3. The smallest absolute Gasteiger partial charge is 0.338 e. The first-order chi connectivity index (χ1) is 11.8. The molecule has 6 nitrogen and oxygen atoms in total. The molecule has 3 rings (SSSR count). The maximum absolute atomic E-state index is 12.8. The number of nitrogens with one attached hydrogen (secondary N) is 3. The third-order valence-corrected chi connectivity index (χ3v) is 3.70. The molecule has 2 amide bonds. The summed E-state index contributed by atoms with van der Waals surface area (Å²) in [4.78, 5) is 11.6. The summed E-state index contributed by atoms with van der Waals surface area (Å²) in [5.41, 5.74) is -0.777. The molecule has 1 aromatic carbocycles. The highest BCUT2D eigenvalue weighted by molar-refractivity contribution is 6.33. The molecule has 10 heteroatoms. The number of anilines is 3. The Balaban J connectivity index is 1.67. The molecule has 0 saturated heterocycles. The summed E-state index contributed by atoms with van der Waals surface area (Å²) in [6.45, 7) is 0. The zero-order valence-electron chi connectivity index (χ0n) is 12.7. The van der Waals surface area contributed by atoms with Crippen molar-refractivity contribution in [3.8, 4) is 0 Å². The van der Waals surface area contributed by atoms with E-state index in [0.717, 1.165) is 31.0 Å². The van der Waals surface area contributed by atoms with Gasteiger partial charge in [0.05, 0.1) is 16.3 Å². The third-order valence-electron chi connectivity index (χ3n) is 3.38. The van der Waals surface area contributed by atoms with Gasteiger partial charge < -0.3 is 10.6 Å². The molecule has 1 fully saturated rings. The van der Waals surface area contributed by atoms with E-state index in [0.29, 0.717) is 0 Å². The van der Waals surface area contributed by atoms with Gasteiger partial charge in [0.25, 0.3) is 0 Å². The number of amides is 2. The van der Waals surface area contributed by atoms with Gasteiger partial charge in [0.1, 0.15) is 0 Å². The monoisotopic (exact) mass is 371 g/mol. The zero-order valence-corrected chi connectivity index (χ0v) is 13.4. The minimum atomic E-state index is -4.48. The third kappa shape index (κ3) is 4.72. The van der Waals surface area contributed by atoms with Crippen LogP contribution < -0.4 is 16.0 Å². The van der Waals surface area contributed by atoms with Crippen LogP contribution in [0.4, 0.5) is 35.3 Å². The van der Waals surface area contributed by atoms with Crippen molar-refractivity contribution in [3.05, 3.63) is 40.9 Å². The Morgan fingerprint density at radius 2 is 1.80 bits per heavy atom. The Morgan fingerprint density at radius 3 is 2.40 bits per heavy atom. The Kier molecular flexibility index (Phi) is 4.67. The first-order valence-electron chi connectivity index (χ1n) is 7.36. The van der Waals surface area contributed by atoms with Crippen LogP contribution in [0.2, 0.25) is 5.02 Å². The summed E-state index contributed by atoms with van der Waals surface area (Å²) in [7, 11) is 0. The number of nitrogens with zero attached hydrogens (tertiary/aromatic N) is 2. The van der Waals surface area contributed by atoms with Crippen LogP contribution in [0.5, 0.6) is 0 Å². The van der Waals surface area contributed by atoms with Gasteiger partial charge >= 0.3 is 12.2 Å². The Labute approximate surface area is 145 Å². The van der Waals surface area contributed by atoms with E-state index < -0.39 is 11.7 Å². The van der Waals surface area contributed by atoms with Crippen molar-refractivity contribution in [2.24, 2.45) is 0 Å². The summed E-state index contributed by atoms with van der Waals surface area (Å²) < 4.78 is 38.3. The first-order valence-corrected chi connectivity index (χ1v) is 7.74. The number of halogens is 4. The Bertz CT molecular complexity index is 778. The fourth-order valence-electron chi connectivity index (χ4n) is 1.97. The molecule has 25 heavy (non-hydrogen) atoms. The molecule has 0 radical (unpaired) electrons. The van der Waals surface area contributed by atoms with Crippen LogP contribution in [0.1, 0.15) is 18.4 Å². The molecule has 1 saturated carbocycles. The van der Waals surface area contributed by atoms with Crippen LogP contribution >= 0.6 is 11.6 Å². The highest BCUT2D eigenvalue weighted by Gasteiger charge is 2.31. The van der Waals surface area contributed by atoms with Gasteiger partial charge in [-0.3, -0.25) is 5.32 Å². The van der Waals surface area contributed by atoms with Crippen molar-refractivity contribution in [1.82, 2.24) is 15.5 Å².